The smallest absolute Gasteiger partial charge is 0.243 e. The summed E-state index contributed by atoms with van der Waals surface area (Å²) in [5.41, 5.74) is 9.49. The van der Waals surface area contributed by atoms with E-state index < -0.39 is 0 Å². The highest BCUT2D eigenvalue weighted by Crippen LogP contribution is 2.18. The lowest BCUT2D eigenvalue weighted by Crippen LogP contribution is -2.30. The van der Waals surface area contributed by atoms with Crippen LogP contribution in [0.15, 0.2) is 48.5 Å². The summed E-state index contributed by atoms with van der Waals surface area (Å²) in [4.78, 5) is 14.0. The van der Waals surface area contributed by atoms with E-state index in [0.29, 0.717) is 12.2 Å². The van der Waals surface area contributed by atoms with E-state index in [1.807, 2.05) is 54.4 Å². The summed E-state index contributed by atoms with van der Waals surface area (Å²) in [6.07, 6.45) is 0.886. The van der Waals surface area contributed by atoms with Crippen LogP contribution in [-0.2, 0) is 11.2 Å². The standard InChI is InChI=1S/C17H21N3O/c1-3-13-9-10-14(11-16(13)18)19-17(21)12-20(2)15-7-5-4-6-8-15/h4-11H,3,12,18H2,1-2H3,(H,19,21). The average molecular weight is 283 g/mol. The largest absolute Gasteiger partial charge is 0.398 e. The van der Waals surface area contributed by atoms with E-state index in [2.05, 4.69) is 12.2 Å². The van der Waals surface area contributed by atoms with Gasteiger partial charge in [0.05, 0.1) is 6.54 Å². The molecule has 0 aliphatic heterocycles. The molecule has 0 spiro atoms. The molecular formula is C17H21N3O. The molecule has 1 amide bonds. The van der Waals surface area contributed by atoms with Crippen LogP contribution in [0.5, 0.6) is 0 Å². The Hall–Kier alpha value is -2.49. The van der Waals surface area contributed by atoms with Crippen molar-refractivity contribution in [1.82, 2.24) is 0 Å². The van der Waals surface area contributed by atoms with E-state index >= 15 is 0 Å². The highest BCUT2D eigenvalue weighted by molar-refractivity contribution is 5.94. The van der Waals surface area contributed by atoms with Gasteiger partial charge in [-0.2, -0.15) is 0 Å². The molecule has 2 aromatic rings. The van der Waals surface area contributed by atoms with Crippen molar-refractivity contribution >= 4 is 23.0 Å². The Balaban J connectivity index is 1.97. The first-order valence-corrected chi connectivity index (χ1v) is 7.04. The Kier molecular flexibility index (Phi) is 4.82. The molecule has 110 valence electrons. The van der Waals surface area contributed by atoms with E-state index in [9.17, 15) is 4.79 Å². The summed E-state index contributed by atoms with van der Waals surface area (Å²) in [6, 6.07) is 15.4. The minimum Gasteiger partial charge on any atom is -0.398 e. The van der Waals surface area contributed by atoms with Crippen LogP contribution in [0.3, 0.4) is 0 Å². The predicted molar refractivity (Wildman–Crippen MR) is 88.6 cm³/mol. The number of likely N-dealkylation sites (N-methyl/N-ethyl adjacent to an activating group) is 1. The molecule has 0 aliphatic rings. The van der Waals surface area contributed by atoms with Crippen LogP contribution in [-0.4, -0.2) is 19.5 Å². The lowest BCUT2D eigenvalue weighted by Gasteiger charge is -2.18. The van der Waals surface area contributed by atoms with Gasteiger partial charge in [0.15, 0.2) is 0 Å². The number of carbonyl (C=O) groups is 1. The van der Waals surface area contributed by atoms with Gasteiger partial charge in [-0.3, -0.25) is 4.79 Å². The van der Waals surface area contributed by atoms with E-state index in [1.54, 1.807) is 6.07 Å². The van der Waals surface area contributed by atoms with Gasteiger partial charge >= 0.3 is 0 Å². The van der Waals surface area contributed by atoms with Gasteiger partial charge < -0.3 is 16.0 Å². The second-order valence-corrected chi connectivity index (χ2v) is 5.01. The Morgan fingerprint density at radius 1 is 1.19 bits per heavy atom. The lowest BCUT2D eigenvalue weighted by atomic mass is 10.1. The molecule has 0 heterocycles. The number of nitrogens with two attached hydrogens (primary N) is 1. The number of rotatable bonds is 5. The zero-order valence-electron chi connectivity index (χ0n) is 12.5. The van der Waals surface area contributed by atoms with Crippen molar-refractivity contribution in [3.63, 3.8) is 0 Å². The van der Waals surface area contributed by atoms with Gasteiger partial charge in [0.1, 0.15) is 0 Å². The maximum Gasteiger partial charge on any atom is 0.243 e. The first-order chi connectivity index (χ1) is 10.1. The molecule has 0 atom stereocenters. The number of amides is 1. The van der Waals surface area contributed by atoms with Crippen molar-refractivity contribution < 1.29 is 4.79 Å². The van der Waals surface area contributed by atoms with Gasteiger partial charge in [-0.1, -0.05) is 31.2 Å². The fraction of sp³-hybridized carbons (Fsp3) is 0.235. The summed E-state index contributed by atoms with van der Waals surface area (Å²) in [6.45, 7) is 2.35. The molecule has 0 fully saturated rings. The molecule has 2 rings (SSSR count). The number of nitrogens with one attached hydrogen (secondary N) is 1. The zero-order valence-corrected chi connectivity index (χ0v) is 12.5. The number of hydrogen-bond donors (Lipinski definition) is 2. The molecule has 0 saturated heterocycles. The summed E-state index contributed by atoms with van der Waals surface area (Å²) >= 11 is 0. The normalized spacial score (nSPS) is 10.2. The zero-order chi connectivity index (χ0) is 15.2. The number of anilines is 3. The third-order valence-electron chi connectivity index (χ3n) is 3.39. The second-order valence-electron chi connectivity index (χ2n) is 5.01. The van der Waals surface area contributed by atoms with Gasteiger partial charge in [-0.25, -0.2) is 0 Å². The quantitative estimate of drug-likeness (QED) is 0.830. The minimum absolute atomic E-state index is 0.0648. The second kappa shape index (κ2) is 6.79. The lowest BCUT2D eigenvalue weighted by molar-refractivity contribution is -0.114. The van der Waals surface area contributed by atoms with Crippen molar-refractivity contribution in [2.75, 3.05) is 29.5 Å². The Morgan fingerprint density at radius 3 is 2.52 bits per heavy atom. The Labute approximate surface area is 125 Å². The molecule has 0 saturated carbocycles. The number of aryl methyl sites for hydroxylation is 1. The number of benzene rings is 2. The number of hydrogen-bond acceptors (Lipinski definition) is 3. The monoisotopic (exact) mass is 283 g/mol. The van der Waals surface area contributed by atoms with E-state index in [0.717, 1.165) is 23.4 Å². The number of carbonyl (C=O) groups excluding carboxylic acids is 1. The molecular weight excluding hydrogens is 262 g/mol. The van der Waals surface area contributed by atoms with Crippen LogP contribution >= 0.6 is 0 Å². The minimum atomic E-state index is -0.0648. The highest BCUT2D eigenvalue weighted by atomic mass is 16.2. The summed E-state index contributed by atoms with van der Waals surface area (Å²) in [5.74, 6) is -0.0648. The number of nitrogens with zero attached hydrogens (tertiary/aromatic N) is 1. The molecule has 0 aliphatic carbocycles. The summed E-state index contributed by atoms with van der Waals surface area (Å²) in [7, 11) is 1.89. The van der Waals surface area contributed by atoms with Gasteiger partial charge in [-0.05, 0) is 36.2 Å². The highest BCUT2D eigenvalue weighted by Gasteiger charge is 2.08. The van der Waals surface area contributed by atoms with Crippen LogP contribution in [0.2, 0.25) is 0 Å². The van der Waals surface area contributed by atoms with Crippen molar-refractivity contribution in [2.45, 2.75) is 13.3 Å². The first kappa shape index (κ1) is 14.9. The topological polar surface area (TPSA) is 58.4 Å². The van der Waals surface area contributed by atoms with E-state index in [1.165, 1.54) is 0 Å². The first-order valence-electron chi connectivity index (χ1n) is 7.04. The van der Waals surface area contributed by atoms with Crippen molar-refractivity contribution in [2.24, 2.45) is 0 Å². The van der Waals surface area contributed by atoms with Crippen LogP contribution in [0.4, 0.5) is 17.1 Å². The third-order valence-corrected chi connectivity index (χ3v) is 3.39. The maximum atomic E-state index is 12.1. The molecule has 0 unspecified atom stereocenters. The van der Waals surface area contributed by atoms with Crippen molar-refractivity contribution in [1.29, 1.82) is 0 Å². The molecule has 3 N–H and O–H groups in total. The fourth-order valence-electron chi connectivity index (χ4n) is 2.18. The molecule has 2 aromatic carbocycles. The Bertz CT molecular complexity index is 611. The van der Waals surface area contributed by atoms with Crippen molar-refractivity contribution in [3.05, 3.63) is 54.1 Å². The molecule has 4 heteroatoms. The van der Waals surface area contributed by atoms with Crippen LogP contribution in [0.1, 0.15) is 12.5 Å². The molecule has 0 aromatic heterocycles. The van der Waals surface area contributed by atoms with Crippen LogP contribution < -0.4 is 16.0 Å². The van der Waals surface area contributed by atoms with Gasteiger partial charge in [0.25, 0.3) is 0 Å². The van der Waals surface area contributed by atoms with E-state index in [4.69, 9.17) is 5.73 Å². The third kappa shape index (κ3) is 3.99. The predicted octanol–water partition coefficient (Wildman–Crippen LogP) is 2.91. The SMILES string of the molecule is CCc1ccc(NC(=O)CN(C)c2ccccc2)cc1N. The van der Waals surface area contributed by atoms with Gasteiger partial charge in [-0.15, -0.1) is 0 Å². The summed E-state index contributed by atoms with van der Waals surface area (Å²) in [5, 5.41) is 2.87. The number of nitrogen functional groups attached to an aromatic ring is 1. The van der Waals surface area contributed by atoms with E-state index in [-0.39, 0.29) is 5.91 Å². The van der Waals surface area contributed by atoms with Gasteiger partial charge in [0, 0.05) is 24.1 Å². The van der Waals surface area contributed by atoms with Crippen LogP contribution in [0.25, 0.3) is 0 Å². The fourth-order valence-corrected chi connectivity index (χ4v) is 2.18. The molecule has 0 bridgehead atoms. The summed E-state index contributed by atoms with van der Waals surface area (Å²) < 4.78 is 0. The van der Waals surface area contributed by atoms with Crippen LogP contribution in [0, 0.1) is 0 Å². The Morgan fingerprint density at radius 2 is 1.90 bits per heavy atom. The molecule has 0 radical (unpaired) electrons. The van der Waals surface area contributed by atoms with Gasteiger partial charge in [0.2, 0.25) is 5.91 Å². The molecule has 4 nitrogen and oxygen atoms in total. The number of para-hydroxylation sites is 1. The van der Waals surface area contributed by atoms with Crippen molar-refractivity contribution in [3.8, 4) is 0 Å². The molecule has 21 heavy (non-hydrogen) atoms. The maximum absolute atomic E-state index is 12.1. The average Bonchev–Trinajstić information content (AvgIpc) is 2.48.